The number of carbonyl (C=O) groups is 1. The van der Waals surface area contributed by atoms with Gasteiger partial charge in [0.05, 0.1) is 18.8 Å². The lowest BCUT2D eigenvalue weighted by atomic mass is 10.2. The van der Waals surface area contributed by atoms with Crippen LogP contribution in [0.5, 0.6) is 11.5 Å². The molecule has 0 unspecified atom stereocenters. The Bertz CT molecular complexity index is 652. The molecule has 21 heavy (non-hydrogen) atoms. The Morgan fingerprint density at radius 3 is 2.33 bits per heavy atom. The average Bonchev–Trinajstić information content (AvgIpc) is 2.72. The molecule has 5 heteroatoms. The van der Waals surface area contributed by atoms with Crippen molar-refractivity contribution in [1.82, 2.24) is 0 Å². The lowest BCUT2D eigenvalue weighted by Crippen LogP contribution is -1.97. The molecular weight excluding hydrogens is 288 g/mol. The van der Waals surface area contributed by atoms with Gasteiger partial charge in [0.2, 0.25) is 0 Å². The van der Waals surface area contributed by atoms with Crippen molar-refractivity contribution in [1.29, 1.82) is 0 Å². The van der Waals surface area contributed by atoms with E-state index in [0.29, 0.717) is 13.2 Å². The first kappa shape index (κ1) is 13.8. The fourth-order valence-electron chi connectivity index (χ4n) is 2.01. The number of hydrogen-bond acceptors (Lipinski definition) is 4. The van der Waals surface area contributed by atoms with Crippen LogP contribution in [0.3, 0.4) is 0 Å². The van der Waals surface area contributed by atoms with E-state index in [4.69, 9.17) is 14.6 Å². The molecule has 1 aliphatic heterocycles. The summed E-state index contributed by atoms with van der Waals surface area (Å²) >= 11 is 1.56. The number of aromatic carboxylic acids is 1. The molecule has 1 aliphatic rings. The predicted molar refractivity (Wildman–Crippen MR) is 79.6 cm³/mol. The van der Waals surface area contributed by atoms with E-state index in [2.05, 4.69) is 0 Å². The summed E-state index contributed by atoms with van der Waals surface area (Å²) in [6.45, 7) is 1.34. The molecule has 0 saturated heterocycles. The van der Waals surface area contributed by atoms with Crippen molar-refractivity contribution in [3.63, 3.8) is 0 Å². The molecule has 0 aliphatic carbocycles. The second-order valence-corrected chi connectivity index (χ2v) is 5.74. The smallest absolute Gasteiger partial charge is 0.335 e. The second kappa shape index (κ2) is 6.10. The zero-order valence-electron chi connectivity index (χ0n) is 11.2. The Labute approximate surface area is 126 Å². The van der Waals surface area contributed by atoms with Crippen molar-refractivity contribution in [3.8, 4) is 11.5 Å². The normalized spacial score (nSPS) is 13.5. The van der Waals surface area contributed by atoms with Crippen LogP contribution in [0.25, 0.3) is 0 Å². The van der Waals surface area contributed by atoms with E-state index in [1.54, 1.807) is 36.0 Å². The maximum absolute atomic E-state index is 10.8. The number of fused-ring (bicyclic) bond motifs is 1. The standard InChI is InChI=1S/C16H14O4S/c17-16(18)11-2-4-12(5-3-11)21-13-6-7-14-15(10-13)20-9-1-8-19-14/h2-7,10H,1,8-9H2,(H,17,18). The van der Waals surface area contributed by atoms with Crippen LogP contribution in [0, 0.1) is 0 Å². The van der Waals surface area contributed by atoms with Crippen LogP contribution in [-0.4, -0.2) is 24.3 Å². The lowest BCUT2D eigenvalue weighted by molar-refractivity contribution is 0.0697. The molecule has 1 heterocycles. The highest BCUT2D eigenvalue weighted by Gasteiger charge is 2.11. The van der Waals surface area contributed by atoms with Gasteiger partial charge in [0.25, 0.3) is 0 Å². The topological polar surface area (TPSA) is 55.8 Å². The Morgan fingerprint density at radius 2 is 1.62 bits per heavy atom. The zero-order valence-corrected chi connectivity index (χ0v) is 12.1. The van der Waals surface area contributed by atoms with E-state index in [1.165, 1.54) is 0 Å². The van der Waals surface area contributed by atoms with Gasteiger partial charge in [0.15, 0.2) is 11.5 Å². The molecule has 0 atom stereocenters. The van der Waals surface area contributed by atoms with Gasteiger partial charge in [-0.1, -0.05) is 11.8 Å². The summed E-state index contributed by atoms with van der Waals surface area (Å²) in [6.07, 6.45) is 0.883. The first-order valence-electron chi connectivity index (χ1n) is 6.63. The molecule has 1 N–H and O–H groups in total. The lowest BCUT2D eigenvalue weighted by Gasteiger charge is -2.09. The Hall–Kier alpha value is -2.14. The summed E-state index contributed by atoms with van der Waals surface area (Å²) in [5.74, 6) is 0.625. The van der Waals surface area contributed by atoms with Gasteiger partial charge in [-0.05, 0) is 42.5 Å². The molecule has 0 saturated carbocycles. The van der Waals surface area contributed by atoms with Crippen molar-refractivity contribution in [2.45, 2.75) is 16.2 Å². The SMILES string of the molecule is O=C(O)c1ccc(Sc2ccc3c(c2)OCCCO3)cc1. The molecule has 0 amide bonds. The quantitative estimate of drug-likeness (QED) is 0.937. The zero-order chi connectivity index (χ0) is 14.7. The number of ether oxygens (including phenoxy) is 2. The van der Waals surface area contributed by atoms with Crippen molar-refractivity contribution in [3.05, 3.63) is 48.0 Å². The minimum absolute atomic E-state index is 0.290. The van der Waals surface area contributed by atoms with Crippen LogP contribution >= 0.6 is 11.8 Å². The molecule has 0 spiro atoms. The monoisotopic (exact) mass is 302 g/mol. The van der Waals surface area contributed by atoms with Gasteiger partial charge in [-0.15, -0.1) is 0 Å². The molecule has 0 fully saturated rings. The average molecular weight is 302 g/mol. The summed E-state index contributed by atoms with van der Waals surface area (Å²) < 4.78 is 11.3. The van der Waals surface area contributed by atoms with Gasteiger partial charge < -0.3 is 14.6 Å². The van der Waals surface area contributed by atoms with Gasteiger partial charge in [0.1, 0.15) is 0 Å². The first-order chi connectivity index (χ1) is 10.2. The van der Waals surface area contributed by atoms with E-state index in [9.17, 15) is 4.79 Å². The van der Waals surface area contributed by atoms with E-state index in [0.717, 1.165) is 27.7 Å². The summed E-state index contributed by atoms with van der Waals surface area (Å²) in [6, 6.07) is 12.7. The fraction of sp³-hybridized carbons (Fsp3) is 0.188. The summed E-state index contributed by atoms with van der Waals surface area (Å²) in [5.41, 5.74) is 0.290. The fourth-order valence-corrected chi connectivity index (χ4v) is 2.86. The highest BCUT2D eigenvalue weighted by atomic mass is 32.2. The van der Waals surface area contributed by atoms with Crippen LogP contribution < -0.4 is 9.47 Å². The van der Waals surface area contributed by atoms with Gasteiger partial charge in [-0.25, -0.2) is 4.79 Å². The molecule has 3 rings (SSSR count). The predicted octanol–water partition coefficient (Wildman–Crippen LogP) is 3.70. The molecule has 0 bridgehead atoms. The first-order valence-corrected chi connectivity index (χ1v) is 7.45. The van der Waals surface area contributed by atoms with E-state index >= 15 is 0 Å². The van der Waals surface area contributed by atoms with Gasteiger partial charge >= 0.3 is 5.97 Å². The molecular formula is C16H14O4S. The molecule has 4 nitrogen and oxygen atoms in total. The third-order valence-electron chi connectivity index (χ3n) is 3.06. The molecule has 0 aromatic heterocycles. The van der Waals surface area contributed by atoms with Crippen LogP contribution in [0.4, 0.5) is 0 Å². The number of benzene rings is 2. The van der Waals surface area contributed by atoms with E-state index in [-0.39, 0.29) is 5.56 Å². The van der Waals surface area contributed by atoms with E-state index in [1.807, 2.05) is 18.2 Å². The van der Waals surface area contributed by atoms with Gasteiger partial charge in [0, 0.05) is 16.2 Å². The maximum Gasteiger partial charge on any atom is 0.335 e. The van der Waals surface area contributed by atoms with Crippen molar-refractivity contribution in [2.75, 3.05) is 13.2 Å². The van der Waals surface area contributed by atoms with Crippen LogP contribution in [-0.2, 0) is 0 Å². The number of rotatable bonds is 3. The molecule has 108 valence electrons. The minimum Gasteiger partial charge on any atom is -0.490 e. The second-order valence-electron chi connectivity index (χ2n) is 4.59. The highest BCUT2D eigenvalue weighted by Crippen LogP contribution is 2.36. The van der Waals surface area contributed by atoms with Gasteiger partial charge in [-0.3, -0.25) is 0 Å². The summed E-state index contributed by atoms with van der Waals surface area (Å²) in [7, 11) is 0. The Kier molecular flexibility index (Phi) is 4.01. The van der Waals surface area contributed by atoms with Gasteiger partial charge in [-0.2, -0.15) is 0 Å². The third-order valence-corrected chi connectivity index (χ3v) is 4.05. The number of carboxylic acids is 1. The summed E-state index contributed by atoms with van der Waals surface area (Å²) in [5, 5.41) is 8.89. The molecule has 2 aromatic carbocycles. The van der Waals surface area contributed by atoms with E-state index < -0.39 is 5.97 Å². The van der Waals surface area contributed by atoms with Crippen molar-refractivity contribution < 1.29 is 19.4 Å². The van der Waals surface area contributed by atoms with Crippen molar-refractivity contribution in [2.24, 2.45) is 0 Å². The molecule has 2 aromatic rings. The Balaban J connectivity index is 1.78. The molecule has 0 radical (unpaired) electrons. The highest BCUT2D eigenvalue weighted by molar-refractivity contribution is 7.99. The number of hydrogen-bond donors (Lipinski definition) is 1. The van der Waals surface area contributed by atoms with Crippen molar-refractivity contribution >= 4 is 17.7 Å². The Morgan fingerprint density at radius 1 is 0.952 bits per heavy atom. The summed E-state index contributed by atoms with van der Waals surface area (Å²) in [4.78, 5) is 12.8. The largest absolute Gasteiger partial charge is 0.490 e. The van der Waals surface area contributed by atoms with Crippen LogP contribution in [0.1, 0.15) is 16.8 Å². The number of carboxylic acid groups (broad SMARTS) is 1. The minimum atomic E-state index is -0.915. The van der Waals surface area contributed by atoms with Crippen LogP contribution in [0.15, 0.2) is 52.3 Å². The van der Waals surface area contributed by atoms with Crippen LogP contribution in [0.2, 0.25) is 0 Å². The maximum atomic E-state index is 10.8. The third kappa shape index (κ3) is 3.31.